The zero-order valence-electron chi connectivity index (χ0n) is 10.4. The minimum Gasteiger partial charge on any atom is -0.478 e. The maximum atomic E-state index is 10.7. The Kier molecular flexibility index (Phi) is 3.60. The highest BCUT2D eigenvalue weighted by molar-refractivity contribution is 5.89. The lowest BCUT2D eigenvalue weighted by Crippen LogP contribution is -2.10. The average molecular weight is 262 g/mol. The van der Waals surface area contributed by atoms with Gasteiger partial charge in [0.1, 0.15) is 12.1 Å². The van der Waals surface area contributed by atoms with E-state index in [0.717, 1.165) is 5.82 Å². The molecule has 8 heteroatoms. The minimum absolute atomic E-state index is 0.0643. The Bertz CT molecular complexity index is 595. The van der Waals surface area contributed by atoms with Gasteiger partial charge in [0.15, 0.2) is 5.82 Å². The van der Waals surface area contributed by atoms with Crippen molar-refractivity contribution in [3.05, 3.63) is 30.0 Å². The maximum Gasteiger partial charge on any atom is 0.337 e. The molecule has 2 rings (SSSR count). The molecular formula is C11H14N6O2. The fourth-order valence-corrected chi connectivity index (χ4v) is 1.54. The topological polar surface area (TPSA) is 119 Å². The predicted molar refractivity (Wildman–Crippen MR) is 68.8 cm³/mol. The largest absolute Gasteiger partial charge is 0.478 e. The molecule has 0 bridgehead atoms. The molecule has 0 fully saturated rings. The number of carboxylic acid groups (broad SMARTS) is 1. The first-order valence-corrected chi connectivity index (χ1v) is 5.63. The second kappa shape index (κ2) is 5.34. The van der Waals surface area contributed by atoms with Gasteiger partial charge in [-0.05, 0) is 6.07 Å². The van der Waals surface area contributed by atoms with E-state index in [1.54, 1.807) is 18.1 Å². The van der Waals surface area contributed by atoms with E-state index in [4.69, 9.17) is 10.8 Å². The Morgan fingerprint density at radius 1 is 1.53 bits per heavy atom. The lowest BCUT2D eigenvalue weighted by molar-refractivity contribution is 0.0696. The normalized spacial score (nSPS) is 10.4. The molecule has 19 heavy (non-hydrogen) atoms. The van der Waals surface area contributed by atoms with Gasteiger partial charge in [0, 0.05) is 26.2 Å². The van der Waals surface area contributed by atoms with Crippen molar-refractivity contribution < 1.29 is 9.90 Å². The summed E-state index contributed by atoms with van der Waals surface area (Å²) in [4.78, 5) is 18.8. The van der Waals surface area contributed by atoms with E-state index in [-0.39, 0.29) is 5.56 Å². The van der Waals surface area contributed by atoms with E-state index < -0.39 is 5.97 Å². The first kappa shape index (κ1) is 12.8. The summed E-state index contributed by atoms with van der Waals surface area (Å²) in [6.45, 7) is 0.563. The molecule has 0 atom stereocenters. The highest BCUT2D eigenvalue weighted by Gasteiger charge is 2.07. The SMILES string of the molecule is Cn1cnc(CCNc2ncc(C(=O)O)cc2N)n1. The fourth-order valence-electron chi connectivity index (χ4n) is 1.54. The molecule has 0 radical (unpaired) electrons. The van der Waals surface area contributed by atoms with Gasteiger partial charge in [-0.15, -0.1) is 0 Å². The quantitative estimate of drug-likeness (QED) is 0.701. The van der Waals surface area contributed by atoms with Crippen LogP contribution in [0, 0.1) is 0 Å². The van der Waals surface area contributed by atoms with Crippen LogP contribution in [0.5, 0.6) is 0 Å². The van der Waals surface area contributed by atoms with Crippen molar-refractivity contribution in [1.82, 2.24) is 19.7 Å². The van der Waals surface area contributed by atoms with Gasteiger partial charge in [0.05, 0.1) is 11.3 Å². The summed E-state index contributed by atoms with van der Waals surface area (Å²) in [5, 5.41) is 15.9. The Morgan fingerprint density at radius 2 is 2.32 bits per heavy atom. The molecule has 2 aromatic heterocycles. The highest BCUT2D eigenvalue weighted by Crippen LogP contribution is 2.16. The van der Waals surface area contributed by atoms with E-state index in [0.29, 0.717) is 24.5 Å². The molecule has 0 aromatic carbocycles. The van der Waals surface area contributed by atoms with Crippen LogP contribution in [0.25, 0.3) is 0 Å². The number of nitrogens with two attached hydrogens (primary N) is 1. The van der Waals surface area contributed by atoms with Crippen LogP contribution in [0.1, 0.15) is 16.2 Å². The van der Waals surface area contributed by atoms with Crippen molar-refractivity contribution in [2.45, 2.75) is 6.42 Å². The fraction of sp³-hybridized carbons (Fsp3) is 0.273. The Labute approximate surface area is 109 Å². The van der Waals surface area contributed by atoms with E-state index in [1.165, 1.54) is 12.3 Å². The highest BCUT2D eigenvalue weighted by atomic mass is 16.4. The van der Waals surface area contributed by atoms with Crippen LogP contribution >= 0.6 is 0 Å². The number of nitrogens with one attached hydrogen (secondary N) is 1. The van der Waals surface area contributed by atoms with Crippen molar-refractivity contribution in [2.75, 3.05) is 17.6 Å². The lowest BCUT2D eigenvalue weighted by atomic mass is 10.2. The first-order chi connectivity index (χ1) is 9.06. The molecule has 0 aliphatic rings. The number of nitrogens with zero attached hydrogens (tertiary/aromatic N) is 4. The predicted octanol–water partition coefficient (Wildman–Crippen LogP) is 0.145. The number of carbonyl (C=O) groups is 1. The number of nitrogen functional groups attached to an aromatic ring is 1. The molecule has 0 aliphatic carbocycles. The van der Waals surface area contributed by atoms with Crippen molar-refractivity contribution in [1.29, 1.82) is 0 Å². The van der Waals surface area contributed by atoms with Crippen LogP contribution in [-0.2, 0) is 13.5 Å². The number of aromatic carboxylic acids is 1. The summed E-state index contributed by atoms with van der Waals surface area (Å²) < 4.78 is 1.63. The molecule has 0 amide bonds. The van der Waals surface area contributed by atoms with Crippen molar-refractivity contribution in [3.63, 3.8) is 0 Å². The maximum absolute atomic E-state index is 10.7. The number of carboxylic acids is 1. The molecular weight excluding hydrogens is 248 g/mol. The smallest absolute Gasteiger partial charge is 0.337 e. The minimum atomic E-state index is -1.05. The number of hydrogen-bond acceptors (Lipinski definition) is 6. The Hall–Kier alpha value is -2.64. The third-order valence-corrected chi connectivity index (χ3v) is 2.45. The Morgan fingerprint density at radius 3 is 2.89 bits per heavy atom. The molecule has 0 spiro atoms. The van der Waals surface area contributed by atoms with Gasteiger partial charge in [-0.1, -0.05) is 0 Å². The third kappa shape index (κ3) is 3.18. The lowest BCUT2D eigenvalue weighted by Gasteiger charge is -2.07. The number of aryl methyl sites for hydroxylation is 1. The Balaban J connectivity index is 1.94. The van der Waals surface area contributed by atoms with Crippen LogP contribution in [-0.4, -0.2) is 37.4 Å². The summed E-state index contributed by atoms with van der Waals surface area (Å²) in [5.74, 6) is 0.125. The van der Waals surface area contributed by atoms with Gasteiger partial charge in [0.2, 0.25) is 0 Å². The van der Waals surface area contributed by atoms with Gasteiger partial charge in [0.25, 0.3) is 0 Å². The van der Waals surface area contributed by atoms with Crippen molar-refractivity contribution >= 4 is 17.5 Å². The van der Waals surface area contributed by atoms with E-state index >= 15 is 0 Å². The number of hydrogen-bond donors (Lipinski definition) is 3. The second-order valence-corrected chi connectivity index (χ2v) is 3.98. The van der Waals surface area contributed by atoms with Gasteiger partial charge in [-0.3, -0.25) is 4.68 Å². The number of rotatable bonds is 5. The molecule has 0 unspecified atom stereocenters. The van der Waals surface area contributed by atoms with Crippen LogP contribution < -0.4 is 11.1 Å². The number of aromatic nitrogens is 4. The van der Waals surface area contributed by atoms with Crippen LogP contribution in [0.15, 0.2) is 18.6 Å². The molecule has 2 heterocycles. The monoisotopic (exact) mass is 262 g/mol. The van der Waals surface area contributed by atoms with E-state index in [1.807, 2.05) is 0 Å². The zero-order chi connectivity index (χ0) is 13.8. The summed E-state index contributed by atoms with van der Waals surface area (Å²) in [7, 11) is 1.80. The van der Waals surface area contributed by atoms with Gasteiger partial charge < -0.3 is 16.2 Å². The summed E-state index contributed by atoms with van der Waals surface area (Å²) in [6.07, 6.45) is 3.52. The number of pyridine rings is 1. The molecule has 0 aliphatic heterocycles. The number of anilines is 2. The summed E-state index contributed by atoms with van der Waals surface area (Å²) in [5.41, 5.74) is 6.08. The van der Waals surface area contributed by atoms with E-state index in [9.17, 15) is 4.79 Å². The first-order valence-electron chi connectivity index (χ1n) is 5.63. The van der Waals surface area contributed by atoms with E-state index in [2.05, 4.69) is 20.4 Å². The molecule has 4 N–H and O–H groups in total. The van der Waals surface area contributed by atoms with Gasteiger partial charge >= 0.3 is 5.97 Å². The van der Waals surface area contributed by atoms with Crippen LogP contribution in [0.2, 0.25) is 0 Å². The van der Waals surface area contributed by atoms with Gasteiger partial charge in [-0.2, -0.15) is 5.10 Å². The third-order valence-electron chi connectivity index (χ3n) is 2.45. The average Bonchev–Trinajstić information content (AvgIpc) is 2.77. The van der Waals surface area contributed by atoms with Crippen LogP contribution in [0.4, 0.5) is 11.5 Å². The standard InChI is InChI=1S/C11H14N6O2/c1-17-6-15-9(16-17)2-3-13-10-8(12)4-7(5-14-10)11(18)19/h4-6H,2-3,12H2,1H3,(H,13,14)(H,18,19). The zero-order valence-corrected chi connectivity index (χ0v) is 10.4. The van der Waals surface area contributed by atoms with Gasteiger partial charge in [-0.25, -0.2) is 14.8 Å². The molecule has 0 saturated carbocycles. The van der Waals surface area contributed by atoms with Crippen molar-refractivity contribution in [3.8, 4) is 0 Å². The summed E-state index contributed by atoms with van der Waals surface area (Å²) >= 11 is 0. The molecule has 2 aromatic rings. The molecule has 100 valence electrons. The molecule has 0 saturated heterocycles. The van der Waals surface area contributed by atoms with Crippen molar-refractivity contribution in [2.24, 2.45) is 7.05 Å². The molecule has 8 nitrogen and oxygen atoms in total. The summed E-state index contributed by atoms with van der Waals surface area (Å²) in [6, 6.07) is 1.37. The van der Waals surface area contributed by atoms with Crippen LogP contribution in [0.3, 0.4) is 0 Å². The second-order valence-electron chi connectivity index (χ2n) is 3.98.